The fourth-order valence-electron chi connectivity index (χ4n) is 3.03. The minimum Gasteiger partial charge on any atom is -0.352 e. The Morgan fingerprint density at radius 1 is 1.04 bits per heavy atom. The van der Waals surface area contributed by atoms with Crippen molar-refractivity contribution in [3.05, 3.63) is 96.5 Å². The highest BCUT2D eigenvalue weighted by Gasteiger charge is 2.03. The number of hydrogen-bond donors (Lipinski definition) is 1. The molecule has 0 bridgehead atoms. The molecule has 0 aliphatic carbocycles. The monoisotopic (exact) mass is 368 g/mol. The van der Waals surface area contributed by atoms with Crippen molar-refractivity contribution in [1.29, 1.82) is 0 Å². The molecule has 0 fully saturated rings. The number of rotatable bonds is 6. The number of fused-ring (bicyclic) bond motifs is 1. The van der Waals surface area contributed by atoms with E-state index in [1.807, 2.05) is 77.7 Å². The summed E-state index contributed by atoms with van der Waals surface area (Å²) >= 11 is 0. The van der Waals surface area contributed by atoms with Crippen molar-refractivity contribution in [2.24, 2.45) is 0 Å². The second-order valence-electron chi connectivity index (χ2n) is 6.43. The molecule has 1 N–H and O–H groups in total. The maximum Gasteiger partial charge on any atom is 0.244 e. The maximum absolute atomic E-state index is 12.1. The van der Waals surface area contributed by atoms with Gasteiger partial charge in [0.25, 0.3) is 0 Å². The van der Waals surface area contributed by atoms with E-state index in [9.17, 15) is 4.79 Å². The van der Waals surface area contributed by atoms with Crippen LogP contribution in [-0.2, 0) is 11.2 Å². The van der Waals surface area contributed by atoms with E-state index in [-0.39, 0.29) is 5.91 Å². The van der Waals surface area contributed by atoms with E-state index in [4.69, 9.17) is 0 Å². The molecular weight excluding hydrogens is 348 g/mol. The smallest absolute Gasteiger partial charge is 0.244 e. The van der Waals surface area contributed by atoms with E-state index in [0.717, 1.165) is 34.1 Å². The highest BCUT2D eigenvalue weighted by Crippen LogP contribution is 2.17. The lowest BCUT2D eigenvalue weighted by molar-refractivity contribution is -0.116. The van der Waals surface area contributed by atoms with Crippen LogP contribution in [0.25, 0.3) is 22.7 Å². The number of carbonyl (C=O) groups excluding carboxylic acids is 1. The van der Waals surface area contributed by atoms with Gasteiger partial charge in [0.15, 0.2) is 0 Å². The van der Waals surface area contributed by atoms with Crippen molar-refractivity contribution in [2.45, 2.75) is 6.42 Å². The molecule has 138 valence electrons. The molecular formula is C23H20N4O. The van der Waals surface area contributed by atoms with E-state index < -0.39 is 0 Å². The standard InChI is InChI=1S/C23H20N4O/c28-22(12-11-20-7-4-6-19-8-5-14-25-23(19)20)24-15-13-18-16-26-27(17-18)21-9-2-1-3-10-21/h1-12,14,16-17H,13,15H2,(H,24,28)/b12-11+. The summed E-state index contributed by atoms with van der Waals surface area (Å²) in [6, 6.07) is 19.8. The highest BCUT2D eigenvalue weighted by molar-refractivity contribution is 5.95. The lowest BCUT2D eigenvalue weighted by Crippen LogP contribution is -2.23. The molecule has 5 nitrogen and oxygen atoms in total. The van der Waals surface area contributed by atoms with Gasteiger partial charge in [0.1, 0.15) is 0 Å². The first kappa shape index (κ1) is 17.7. The van der Waals surface area contributed by atoms with Crippen molar-refractivity contribution >= 4 is 22.9 Å². The molecule has 0 unspecified atom stereocenters. The number of pyridine rings is 1. The zero-order chi connectivity index (χ0) is 19.2. The van der Waals surface area contributed by atoms with Gasteiger partial charge in [0, 0.05) is 36.0 Å². The fraction of sp³-hybridized carbons (Fsp3) is 0.0870. The zero-order valence-corrected chi connectivity index (χ0v) is 15.3. The molecule has 4 aromatic rings. The number of nitrogens with zero attached hydrogens (tertiary/aromatic N) is 3. The third-order valence-corrected chi connectivity index (χ3v) is 4.45. The molecule has 28 heavy (non-hydrogen) atoms. The van der Waals surface area contributed by atoms with Gasteiger partial charge in [-0.3, -0.25) is 9.78 Å². The molecule has 4 rings (SSSR count). The average Bonchev–Trinajstić information content (AvgIpc) is 3.22. The molecule has 5 heteroatoms. The Labute approximate surface area is 163 Å². The third-order valence-electron chi connectivity index (χ3n) is 4.45. The third kappa shape index (κ3) is 4.15. The molecule has 0 saturated heterocycles. The molecule has 2 aromatic heterocycles. The molecule has 2 aromatic carbocycles. The predicted molar refractivity (Wildman–Crippen MR) is 111 cm³/mol. The first-order chi connectivity index (χ1) is 13.8. The Hall–Kier alpha value is -3.73. The van der Waals surface area contributed by atoms with Crippen LogP contribution in [0, 0.1) is 0 Å². The van der Waals surface area contributed by atoms with E-state index in [1.54, 1.807) is 18.3 Å². The van der Waals surface area contributed by atoms with Gasteiger partial charge in [-0.05, 0) is 36.3 Å². The van der Waals surface area contributed by atoms with Gasteiger partial charge in [-0.2, -0.15) is 5.10 Å². The van der Waals surface area contributed by atoms with Gasteiger partial charge in [0.2, 0.25) is 5.91 Å². The van der Waals surface area contributed by atoms with Gasteiger partial charge in [0.05, 0.1) is 17.4 Å². The van der Waals surface area contributed by atoms with Crippen molar-refractivity contribution in [2.75, 3.05) is 6.54 Å². The zero-order valence-electron chi connectivity index (χ0n) is 15.3. The van der Waals surface area contributed by atoms with Crippen molar-refractivity contribution in [3.63, 3.8) is 0 Å². The Morgan fingerprint density at radius 2 is 1.89 bits per heavy atom. The summed E-state index contributed by atoms with van der Waals surface area (Å²) in [6.07, 6.45) is 9.66. The van der Waals surface area contributed by atoms with Gasteiger partial charge < -0.3 is 5.32 Å². The molecule has 0 aliphatic heterocycles. The van der Waals surface area contributed by atoms with E-state index in [1.165, 1.54) is 0 Å². The van der Waals surface area contributed by atoms with Crippen molar-refractivity contribution < 1.29 is 4.79 Å². The normalized spacial score (nSPS) is 11.1. The van der Waals surface area contributed by atoms with Crippen LogP contribution >= 0.6 is 0 Å². The number of carbonyl (C=O) groups is 1. The van der Waals surface area contributed by atoms with Crippen LogP contribution < -0.4 is 5.32 Å². The van der Waals surface area contributed by atoms with Gasteiger partial charge in [-0.1, -0.05) is 42.5 Å². The summed E-state index contributed by atoms with van der Waals surface area (Å²) in [5.74, 6) is -0.122. The maximum atomic E-state index is 12.1. The molecule has 0 atom stereocenters. The van der Waals surface area contributed by atoms with E-state index in [2.05, 4.69) is 15.4 Å². The Bertz CT molecular complexity index is 1110. The Balaban J connectivity index is 1.32. The van der Waals surface area contributed by atoms with Crippen LogP contribution in [0.2, 0.25) is 0 Å². The largest absolute Gasteiger partial charge is 0.352 e. The van der Waals surface area contributed by atoms with Crippen molar-refractivity contribution in [1.82, 2.24) is 20.1 Å². The Morgan fingerprint density at radius 3 is 2.79 bits per heavy atom. The number of hydrogen-bond acceptors (Lipinski definition) is 3. The van der Waals surface area contributed by atoms with Crippen LogP contribution in [0.1, 0.15) is 11.1 Å². The molecule has 0 aliphatic rings. The van der Waals surface area contributed by atoms with E-state index in [0.29, 0.717) is 6.54 Å². The summed E-state index contributed by atoms with van der Waals surface area (Å²) < 4.78 is 1.84. The Kier molecular flexibility index (Phi) is 5.24. The first-order valence-corrected chi connectivity index (χ1v) is 9.18. The van der Waals surface area contributed by atoms with E-state index >= 15 is 0 Å². The summed E-state index contributed by atoms with van der Waals surface area (Å²) in [4.78, 5) is 16.5. The molecule has 2 heterocycles. The predicted octanol–water partition coefficient (Wildman–Crippen LogP) is 3.79. The lowest BCUT2D eigenvalue weighted by Gasteiger charge is -2.02. The number of amides is 1. The quantitative estimate of drug-likeness (QED) is 0.527. The molecule has 1 amide bonds. The second-order valence-corrected chi connectivity index (χ2v) is 6.43. The van der Waals surface area contributed by atoms with Gasteiger partial charge in [-0.25, -0.2) is 4.68 Å². The fourth-order valence-corrected chi connectivity index (χ4v) is 3.03. The second kappa shape index (κ2) is 8.31. The van der Waals surface area contributed by atoms with Crippen LogP contribution in [-0.4, -0.2) is 27.2 Å². The first-order valence-electron chi connectivity index (χ1n) is 9.18. The van der Waals surface area contributed by atoms with Crippen LogP contribution in [0.5, 0.6) is 0 Å². The topological polar surface area (TPSA) is 59.8 Å². The molecule has 0 radical (unpaired) electrons. The highest BCUT2D eigenvalue weighted by atomic mass is 16.1. The van der Waals surface area contributed by atoms with Gasteiger partial charge >= 0.3 is 0 Å². The van der Waals surface area contributed by atoms with Crippen LogP contribution in [0.3, 0.4) is 0 Å². The van der Waals surface area contributed by atoms with Gasteiger partial charge in [-0.15, -0.1) is 0 Å². The molecule has 0 saturated carbocycles. The summed E-state index contributed by atoms with van der Waals surface area (Å²) in [6.45, 7) is 0.553. The number of aromatic nitrogens is 3. The van der Waals surface area contributed by atoms with Crippen LogP contribution in [0.4, 0.5) is 0 Å². The lowest BCUT2D eigenvalue weighted by atomic mass is 10.1. The number of para-hydroxylation sites is 2. The summed E-state index contributed by atoms with van der Waals surface area (Å²) in [7, 11) is 0. The summed E-state index contributed by atoms with van der Waals surface area (Å²) in [5, 5.41) is 8.34. The average molecular weight is 368 g/mol. The SMILES string of the molecule is O=C(/C=C/c1cccc2cccnc12)NCCc1cnn(-c2ccccc2)c1. The van der Waals surface area contributed by atoms with Crippen molar-refractivity contribution in [3.8, 4) is 5.69 Å². The number of benzene rings is 2. The minimum absolute atomic E-state index is 0.122. The number of nitrogens with one attached hydrogen (secondary N) is 1. The molecule has 0 spiro atoms. The summed E-state index contributed by atoms with van der Waals surface area (Å²) in [5.41, 5.74) is 3.91. The minimum atomic E-state index is -0.122. The van der Waals surface area contributed by atoms with Crippen LogP contribution in [0.15, 0.2) is 85.3 Å².